The summed E-state index contributed by atoms with van der Waals surface area (Å²) in [6, 6.07) is 32.1. The zero-order valence-electron chi connectivity index (χ0n) is 39.6. The Kier molecular flexibility index (Phi) is 16.5. The number of aromatic nitrogens is 4. The van der Waals surface area contributed by atoms with Crippen LogP contribution in [0.2, 0.25) is 0 Å². The smallest absolute Gasteiger partial charge is 0.269 e. The molecule has 18 nitrogen and oxygen atoms in total. The molecule has 2 aromatic heterocycles. The van der Waals surface area contributed by atoms with Gasteiger partial charge < -0.3 is 37.6 Å². The second-order valence-electron chi connectivity index (χ2n) is 16.7. The number of nitro groups is 1. The van der Waals surface area contributed by atoms with Gasteiger partial charge in [-0.2, -0.15) is 15.2 Å². The third-order valence-electron chi connectivity index (χ3n) is 11.1. The lowest BCUT2D eigenvalue weighted by molar-refractivity contribution is -0.384. The number of ether oxygens (including phenoxy) is 5. The number of methoxy groups -OCH3 is 2. The molecule has 1 aliphatic rings. The molecule has 0 aliphatic carbocycles. The number of nitrogens with zero attached hydrogens (tertiary/aromatic N) is 9. The molecular weight excluding hydrogens is 909 g/mol. The molecule has 1 saturated heterocycles. The fraction of sp³-hybridized carbons (Fsp3) is 0.367. The van der Waals surface area contributed by atoms with Crippen LogP contribution >= 0.6 is 8.53 Å². The second-order valence-corrected chi connectivity index (χ2v) is 18.1. The molecule has 1 unspecified atom stereocenters. The van der Waals surface area contributed by atoms with Crippen LogP contribution in [0.4, 0.5) is 16.0 Å². The molecule has 0 N–H and O–H groups in total. The predicted octanol–water partition coefficient (Wildman–Crippen LogP) is 9.67. The van der Waals surface area contributed by atoms with Crippen LogP contribution in [0.3, 0.4) is 0 Å². The van der Waals surface area contributed by atoms with Crippen molar-refractivity contribution in [2.75, 3.05) is 41.5 Å². The Morgan fingerprint density at radius 1 is 0.913 bits per heavy atom. The Morgan fingerprint density at radius 2 is 1.51 bits per heavy atom. The maximum atomic E-state index is 18.0. The predicted molar refractivity (Wildman–Crippen MR) is 257 cm³/mol. The van der Waals surface area contributed by atoms with Gasteiger partial charge in [0, 0.05) is 38.3 Å². The van der Waals surface area contributed by atoms with E-state index >= 15 is 4.39 Å². The maximum absolute atomic E-state index is 18.0. The van der Waals surface area contributed by atoms with Gasteiger partial charge in [0.2, 0.25) is 0 Å². The van der Waals surface area contributed by atoms with Crippen LogP contribution in [0, 0.1) is 21.4 Å². The zero-order chi connectivity index (χ0) is 49.2. The van der Waals surface area contributed by atoms with E-state index in [1.807, 2.05) is 111 Å². The van der Waals surface area contributed by atoms with E-state index < -0.39 is 43.7 Å². The summed E-state index contributed by atoms with van der Waals surface area (Å²) in [5.41, 5.74) is 1.12. The summed E-state index contributed by atoms with van der Waals surface area (Å²) in [5, 5.41) is 20.9. The van der Waals surface area contributed by atoms with Crippen molar-refractivity contribution in [1.82, 2.24) is 29.1 Å². The fourth-order valence-corrected chi connectivity index (χ4v) is 9.69. The number of nitro benzene ring substituents is 1. The first-order valence-corrected chi connectivity index (χ1v) is 23.3. The van der Waals surface area contributed by atoms with E-state index in [-0.39, 0.29) is 66.1 Å². The molecule has 3 heterocycles. The van der Waals surface area contributed by atoms with Crippen molar-refractivity contribution in [3.63, 3.8) is 0 Å². The van der Waals surface area contributed by atoms with Crippen LogP contribution in [0.15, 0.2) is 114 Å². The third-order valence-corrected chi connectivity index (χ3v) is 13.2. The second kappa shape index (κ2) is 22.6. The lowest BCUT2D eigenvalue weighted by atomic mass is 9.80. The zero-order valence-corrected chi connectivity index (χ0v) is 40.5. The number of nitriles is 1. The van der Waals surface area contributed by atoms with Gasteiger partial charge >= 0.3 is 0 Å². The van der Waals surface area contributed by atoms with Gasteiger partial charge in [-0.3, -0.25) is 14.7 Å². The molecule has 4 aromatic carbocycles. The van der Waals surface area contributed by atoms with Crippen molar-refractivity contribution in [3.8, 4) is 29.2 Å². The van der Waals surface area contributed by atoms with Crippen molar-refractivity contribution in [2.24, 2.45) is 4.99 Å². The number of alkyl halides is 1. The molecule has 20 heteroatoms. The lowest BCUT2D eigenvalue weighted by Gasteiger charge is -2.38. The average molecular weight is 964 g/mol. The molecule has 7 rings (SSSR count). The number of hydrogen-bond acceptors (Lipinski definition) is 15. The minimum Gasteiger partial charge on any atom is -0.497 e. The molecule has 0 spiro atoms. The van der Waals surface area contributed by atoms with Gasteiger partial charge in [0.25, 0.3) is 26.0 Å². The van der Waals surface area contributed by atoms with E-state index in [1.54, 1.807) is 37.8 Å². The van der Waals surface area contributed by atoms with Crippen molar-refractivity contribution in [3.05, 3.63) is 136 Å². The molecule has 362 valence electrons. The molecule has 69 heavy (non-hydrogen) atoms. The van der Waals surface area contributed by atoms with Crippen LogP contribution in [0.25, 0.3) is 11.2 Å². The maximum Gasteiger partial charge on any atom is 0.269 e. The SMILES string of the molecule is COc1ccc(C(OC[C@H]2O[C@@H](n3cnc4c(Oc5ccc([N+](=O)[O-])cc5)nc(N=CN(C)C)nc43)[C@H](OP(OCCC#N)N(C(C)C)C(C)C)[C@H]2F)(c2ccccc2)c2ccc(OC)cc2)cc1. The molecule has 1 fully saturated rings. The van der Waals surface area contributed by atoms with Crippen LogP contribution in [0.1, 0.15) is 57.0 Å². The normalized spacial score (nSPS) is 17.7. The number of aliphatic imine (C=N–C) groups is 1. The summed E-state index contributed by atoms with van der Waals surface area (Å²) in [7, 11) is 4.74. The Bertz CT molecular complexity index is 2650. The average Bonchev–Trinajstić information content (AvgIpc) is 3.91. The topological polar surface area (TPSA) is 194 Å². The number of benzene rings is 4. The van der Waals surface area contributed by atoms with Gasteiger partial charge in [-0.25, -0.2) is 19.0 Å². The number of imidazole rings is 1. The number of rotatable bonds is 22. The molecule has 5 atom stereocenters. The van der Waals surface area contributed by atoms with Crippen LogP contribution in [0.5, 0.6) is 23.1 Å². The molecule has 0 radical (unpaired) electrons. The molecule has 0 bridgehead atoms. The quantitative estimate of drug-likeness (QED) is 0.0119. The number of halogens is 1. The van der Waals surface area contributed by atoms with Crippen molar-refractivity contribution >= 4 is 37.7 Å². The minimum atomic E-state index is -2.00. The van der Waals surface area contributed by atoms with Crippen LogP contribution in [-0.4, -0.2) is 112 Å². The molecule has 6 aromatic rings. The first-order valence-electron chi connectivity index (χ1n) is 22.2. The summed E-state index contributed by atoms with van der Waals surface area (Å²) in [5.74, 6) is 1.46. The highest BCUT2D eigenvalue weighted by molar-refractivity contribution is 7.44. The van der Waals surface area contributed by atoms with Crippen LogP contribution in [-0.2, 0) is 24.1 Å². The highest BCUT2D eigenvalue weighted by Gasteiger charge is 2.51. The number of hydrogen-bond donors (Lipinski definition) is 0. The van der Waals surface area contributed by atoms with E-state index in [4.69, 9.17) is 37.7 Å². The molecule has 1 aliphatic heterocycles. The molecule has 0 amide bonds. The highest BCUT2D eigenvalue weighted by atomic mass is 31.2. The fourth-order valence-electron chi connectivity index (χ4n) is 7.96. The van der Waals surface area contributed by atoms with E-state index in [0.29, 0.717) is 11.5 Å². The van der Waals surface area contributed by atoms with Gasteiger partial charge in [0.05, 0.1) is 57.5 Å². The molecule has 0 saturated carbocycles. The van der Waals surface area contributed by atoms with Gasteiger partial charge in [-0.15, -0.1) is 0 Å². The summed E-state index contributed by atoms with van der Waals surface area (Å²) in [6.45, 7) is 7.71. The first-order chi connectivity index (χ1) is 33.3. The van der Waals surface area contributed by atoms with Gasteiger partial charge in [-0.1, -0.05) is 54.6 Å². The summed E-state index contributed by atoms with van der Waals surface area (Å²) >= 11 is 0. The van der Waals surface area contributed by atoms with Crippen molar-refractivity contribution in [1.29, 1.82) is 5.26 Å². The van der Waals surface area contributed by atoms with Gasteiger partial charge in [0.1, 0.15) is 35.1 Å². The summed E-state index contributed by atoms with van der Waals surface area (Å²) < 4.78 is 65.9. The van der Waals surface area contributed by atoms with Crippen molar-refractivity contribution < 1.29 is 42.0 Å². The number of fused-ring (bicyclic) bond motifs is 1. The summed E-state index contributed by atoms with van der Waals surface area (Å²) in [6.07, 6.45) is -2.69. The van der Waals surface area contributed by atoms with E-state index in [0.717, 1.165) is 16.7 Å². The molecular formula is C49H55FN9O9P. The number of non-ortho nitro benzene ring substituents is 1. The largest absolute Gasteiger partial charge is 0.497 e. The Morgan fingerprint density at radius 3 is 2.06 bits per heavy atom. The van der Waals surface area contributed by atoms with Gasteiger partial charge in [0.15, 0.2) is 23.6 Å². The van der Waals surface area contributed by atoms with E-state index in [2.05, 4.69) is 21.0 Å². The minimum absolute atomic E-state index is 0.0230. The lowest BCUT2D eigenvalue weighted by Crippen LogP contribution is -2.39. The standard InChI is InChI=1S/C49H55FN9O9P/c1-32(2)58(33(3)4)69(65-28-12-27-51)68-44-42(50)41(29-64-49(34-13-10-9-11-14-34,35-15-21-38(62-7)22-16-35)36-17-23-39(63-8)24-18-36)67-47(44)57-31-52-43-45(57)54-48(53-30-56(5)6)55-46(43)66-40-25-19-37(20-26-40)59(60)61/h9-11,13-26,30-33,41-42,44,47H,12,28-29H2,1-8H3/t41-,42+,44-,47-,69?/m1/s1. The highest BCUT2D eigenvalue weighted by Crippen LogP contribution is 2.52. The Balaban J connectivity index is 1.35. The summed E-state index contributed by atoms with van der Waals surface area (Å²) in [4.78, 5) is 31.0. The van der Waals surface area contributed by atoms with Crippen molar-refractivity contribution in [2.45, 2.75) is 76.4 Å². The van der Waals surface area contributed by atoms with E-state index in [1.165, 1.54) is 36.9 Å². The monoisotopic (exact) mass is 963 g/mol. The third kappa shape index (κ3) is 11.3. The van der Waals surface area contributed by atoms with Crippen LogP contribution < -0.4 is 14.2 Å². The van der Waals surface area contributed by atoms with E-state index in [9.17, 15) is 15.4 Å². The van der Waals surface area contributed by atoms with Gasteiger partial charge in [-0.05, 0) is 80.8 Å². The Hall–Kier alpha value is -6.65. The Labute approximate surface area is 401 Å². The first kappa shape index (κ1) is 50.2.